The van der Waals surface area contributed by atoms with Crippen LogP contribution in [0.5, 0.6) is 0 Å². The van der Waals surface area contributed by atoms with Gasteiger partial charge in [0.25, 0.3) is 0 Å². The lowest BCUT2D eigenvalue weighted by Crippen LogP contribution is -2.49. The lowest BCUT2D eigenvalue weighted by atomic mass is 10.2. The number of sulfone groups is 1. The van der Waals surface area contributed by atoms with Crippen molar-refractivity contribution >= 4 is 21.8 Å². The zero-order valence-electron chi connectivity index (χ0n) is 9.50. The van der Waals surface area contributed by atoms with E-state index in [0.717, 1.165) is 5.41 Å². The summed E-state index contributed by atoms with van der Waals surface area (Å²) in [5.41, 5.74) is 0. The average Bonchev–Trinajstić information content (AvgIpc) is 2.57. The Morgan fingerprint density at radius 3 is 2.67 bits per heavy atom. The number of hydrogen-bond donors (Lipinski definition) is 3. The first-order valence-corrected chi connectivity index (χ1v) is 6.87. The number of aliphatic carboxylic acids is 1. The van der Waals surface area contributed by atoms with E-state index in [1.54, 1.807) is 0 Å². The fourth-order valence-electron chi connectivity index (χ4n) is 1.42. The van der Waals surface area contributed by atoms with Gasteiger partial charge in [-0.25, -0.2) is 18.0 Å². The molecule has 1 heterocycles. The summed E-state index contributed by atoms with van der Waals surface area (Å²) >= 11 is 0. The Morgan fingerprint density at radius 1 is 1.56 bits per heavy atom. The summed E-state index contributed by atoms with van der Waals surface area (Å²) in [6.07, 6.45) is 2.80. The molecule has 2 unspecified atom stereocenters. The highest BCUT2D eigenvalue weighted by Gasteiger charge is 2.25. The second-order valence-corrected chi connectivity index (χ2v) is 5.73. The molecule has 2 amide bonds. The highest BCUT2D eigenvalue weighted by molar-refractivity contribution is 7.94. The van der Waals surface area contributed by atoms with Crippen LogP contribution in [0, 0.1) is 0 Å². The van der Waals surface area contributed by atoms with Crippen LogP contribution in [0.3, 0.4) is 0 Å². The lowest BCUT2D eigenvalue weighted by Gasteiger charge is -2.15. The summed E-state index contributed by atoms with van der Waals surface area (Å²) in [5, 5.41) is 14.4. The number of carbonyl (C=O) groups is 2. The first-order valence-electron chi connectivity index (χ1n) is 5.16. The van der Waals surface area contributed by atoms with Crippen LogP contribution in [0.15, 0.2) is 24.1 Å². The summed E-state index contributed by atoms with van der Waals surface area (Å²) in [7, 11) is -3.25. The molecule has 0 bridgehead atoms. The maximum atomic E-state index is 11.5. The number of carboxylic acid groups (broad SMARTS) is 1. The molecule has 2 atom stereocenters. The third kappa shape index (κ3) is 4.21. The number of carboxylic acids is 1. The molecule has 0 aromatic carbocycles. The Balaban J connectivity index is 2.49. The fraction of sp³-hybridized carbons (Fsp3) is 0.400. The van der Waals surface area contributed by atoms with Crippen molar-refractivity contribution in [3.8, 4) is 0 Å². The van der Waals surface area contributed by atoms with Crippen LogP contribution in [0.4, 0.5) is 4.79 Å². The molecular formula is C10H14N2O5S. The zero-order chi connectivity index (χ0) is 13.8. The lowest BCUT2D eigenvalue weighted by molar-refractivity contribution is -0.139. The highest BCUT2D eigenvalue weighted by atomic mass is 32.2. The Labute approximate surface area is 104 Å². The predicted octanol–water partition coefficient (Wildman–Crippen LogP) is -0.374. The number of hydrogen-bond acceptors (Lipinski definition) is 4. The van der Waals surface area contributed by atoms with Gasteiger partial charge in [0.1, 0.15) is 6.04 Å². The van der Waals surface area contributed by atoms with E-state index in [4.69, 9.17) is 5.11 Å². The standard InChI is InChI=1S/C10H14N2O5S/c1-2-3-8(9(13)14)12-10(15)11-7-4-5-18(16,17)6-7/h2,4-5,7-8H,1,3,6H2,(H,13,14)(H2,11,12,15). The third-order valence-corrected chi connectivity index (χ3v) is 3.65. The summed E-state index contributed by atoms with van der Waals surface area (Å²) in [6, 6.07) is -2.44. The Hall–Kier alpha value is -1.83. The van der Waals surface area contributed by atoms with E-state index >= 15 is 0 Å². The van der Waals surface area contributed by atoms with Crippen LogP contribution >= 0.6 is 0 Å². The van der Waals surface area contributed by atoms with E-state index in [2.05, 4.69) is 17.2 Å². The van der Waals surface area contributed by atoms with Crippen LogP contribution in [0.1, 0.15) is 6.42 Å². The van der Waals surface area contributed by atoms with Crippen LogP contribution in [0.25, 0.3) is 0 Å². The Morgan fingerprint density at radius 2 is 2.22 bits per heavy atom. The smallest absolute Gasteiger partial charge is 0.326 e. The van der Waals surface area contributed by atoms with Crippen molar-refractivity contribution in [2.24, 2.45) is 0 Å². The van der Waals surface area contributed by atoms with Gasteiger partial charge in [0, 0.05) is 5.41 Å². The molecule has 1 aliphatic rings. The maximum absolute atomic E-state index is 11.5. The number of rotatable bonds is 5. The van der Waals surface area contributed by atoms with Crippen molar-refractivity contribution in [1.29, 1.82) is 0 Å². The Kier molecular flexibility index (Phi) is 4.49. The molecule has 100 valence electrons. The maximum Gasteiger partial charge on any atom is 0.326 e. The first-order chi connectivity index (χ1) is 8.34. The largest absolute Gasteiger partial charge is 0.480 e. The first kappa shape index (κ1) is 14.2. The van der Waals surface area contributed by atoms with Crippen LogP contribution in [-0.4, -0.2) is 43.4 Å². The van der Waals surface area contributed by atoms with Gasteiger partial charge in [-0.3, -0.25) is 0 Å². The molecule has 0 radical (unpaired) electrons. The number of carbonyl (C=O) groups excluding carboxylic acids is 1. The molecule has 8 heteroatoms. The molecular weight excluding hydrogens is 260 g/mol. The zero-order valence-corrected chi connectivity index (χ0v) is 10.3. The number of nitrogens with one attached hydrogen (secondary N) is 2. The minimum atomic E-state index is -3.25. The summed E-state index contributed by atoms with van der Waals surface area (Å²) in [5.74, 6) is -1.39. The summed E-state index contributed by atoms with van der Waals surface area (Å²) in [6.45, 7) is 3.39. The van der Waals surface area contributed by atoms with Gasteiger partial charge in [0.15, 0.2) is 9.84 Å². The third-order valence-electron chi connectivity index (χ3n) is 2.25. The monoisotopic (exact) mass is 274 g/mol. The Bertz CT molecular complexity index is 482. The van der Waals surface area contributed by atoms with Gasteiger partial charge in [-0.1, -0.05) is 6.08 Å². The molecule has 0 aromatic heterocycles. The molecule has 3 N–H and O–H groups in total. The molecule has 0 saturated carbocycles. The van der Waals surface area contributed by atoms with Crippen molar-refractivity contribution in [3.63, 3.8) is 0 Å². The highest BCUT2D eigenvalue weighted by Crippen LogP contribution is 2.07. The van der Waals surface area contributed by atoms with E-state index in [-0.39, 0.29) is 12.2 Å². The molecule has 1 aliphatic heterocycles. The van der Waals surface area contributed by atoms with Gasteiger partial charge in [-0.05, 0) is 12.5 Å². The van der Waals surface area contributed by atoms with Crippen LogP contribution in [0.2, 0.25) is 0 Å². The fourth-order valence-corrected chi connectivity index (χ4v) is 2.66. The normalized spacial score (nSPS) is 22.1. The molecule has 0 aromatic rings. The molecule has 0 spiro atoms. The van der Waals surface area contributed by atoms with E-state index < -0.39 is 33.9 Å². The second-order valence-electron chi connectivity index (χ2n) is 3.80. The van der Waals surface area contributed by atoms with Gasteiger partial charge in [0.2, 0.25) is 0 Å². The van der Waals surface area contributed by atoms with E-state index in [1.807, 2.05) is 0 Å². The van der Waals surface area contributed by atoms with E-state index in [1.165, 1.54) is 12.2 Å². The van der Waals surface area contributed by atoms with Gasteiger partial charge in [-0.15, -0.1) is 6.58 Å². The van der Waals surface area contributed by atoms with Gasteiger partial charge in [0.05, 0.1) is 11.8 Å². The quantitative estimate of drug-likeness (QED) is 0.592. The van der Waals surface area contributed by atoms with Crippen molar-refractivity contribution in [1.82, 2.24) is 10.6 Å². The number of urea groups is 1. The molecule has 0 saturated heterocycles. The van der Waals surface area contributed by atoms with Crippen molar-refractivity contribution < 1.29 is 23.1 Å². The van der Waals surface area contributed by atoms with Crippen molar-refractivity contribution in [2.45, 2.75) is 18.5 Å². The van der Waals surface area contributed by atoms with Gasteiger partial charge in [-0.2, -0.15) is 0 Å². The van der Waals surface area contributed by atoms with E-state index in [0.29, 0.717) is 0 Å². The van der Waals surface area contributed by atoms with E-state index in [9.17, 15) is 18.0 Å². The van der Waals surface area contributed by atoms with Crippen molar-refractivity contribution in [3.05, 3.63) is 24.1 Å². The summed E-state index contributed by atoms with van der Waals surface area (Å²) < 4.78 is 22.2. The molecule has 0 aliphatic carbocycles. The SMILES string of the molecule is C=CCC(NC(=O)NC1C=CS(=O)(=O)C1)C(=O)O. The van der Waals surface area contributed by atoms with Crippen LogP contribution in [-0.2, 0) is 14.6 Å². The van der Waals surface area contributed by atoms with Gasteiger partial charge < -0.3 is 15.7 Å². The minimum absolute atomic E-state index is 0.0849. The van der Waals surface area contributed by atoms with Crippen LogP contribution < -0.4 is 10.6 Å². The average molecular weight is 274 g/mol. The molecule has 18 heavy (non-hydrogen) atoms. The molecule has 0 fully saturated rings. The summed E-state index contributed by atoms with van der Waals surface area (Å²) in [4.78, 5) is 22.2. The van der Waals surface area contributed by atoms with Crippen molar-refractivity contribution in [2.75, 3.05) is 5.75 Å². The molecule has 7 nitrogen and oxygen atoms in total. The van der Waals surface area contributed by atoms with Gasteiger partial charge >= 0.3 is 12.0 Å². The topological polar surface area (TPSA) is 113 Å². The predicted molar refractivity (Wildman–Crippen MR) is 64.6 cm³/mol. The second kappa shape index (κ2) is 5.67. The minimum Gasteiger partial charge on any atom is -0.480 e. The number of amides is 2. The molecule has 1 rings (SSSR count).